The van der Waals surface area contributed by atoms with Gasteiger partial charge in [-0.05, 0) is 309 Å². The molecule has 4 aliphatic carbocycles. The molecule has 500 valence electrons. The summed E-state index contributed by atoms with van der Waals surface area (Å²) in [6.45, 7) is 2.12. The lowest BCUT2D eigenvalue weighted by molar-refractivity contribution is 0.474. The van der Waals surface area contributed by atoms with Crippen LogP contribution in [0.3, 0.4) is 0 Å². The summed E-state index contributed by atoms with van der Waals surface area (Å²) in [6.07, 6.45) is 8.44. The van der Waals surface area contributed by atoms with E-state index in [-0.39, 0.29) is 17.2 Å². The van der Waals surface area contributed by atoms with E-state index in [2.05, 4.69) is 253 Å². The van der Waals surface area contributed by atoms with E-state index in [1.54, 1.807) is 30.3 Å². The fraction of sp³-hybridized carbons (Fsp3) is 0.131. The molecule has 0 unspecified atom stereocenters. The lowest BCUT2D eigenvalue weighted by atomic mass is 9.72. The molecule has 0 fully saturated rings. The third-order valence-electron chi connectivity index (χ3n) is 23.7. The number of fused-ring (bicyclic) bond motifs is 2. The molecule has 0 spiro atoms. The van der Waals surface area contributed by atoms with Crippen LogP contribution in [0, 0.1) is 6.92 Å². The van der Waals surface area contributed by atoms with Gasteiger partial charge in [-0.3, -0.25) is 0 Å². The zero-order chi connectivity index (χ0) is 69.3. The Morgan fingerprint density at radius 2 is 0.587 bits per heavy atom. The molecule has 0 saturated carbocycles. The van der Waals surface area contributed by atoms with Crippen LogP contribution in [-0.4, -0.2) is 15.3 Å². The Labute approximate surface area is 605 Å². The number of anilines is 6. The van der Waals surface area contributed by atoms with Gasteiger partial charge in [-0.15, -0.1) is 0 Å². The zero-order valence-electron chi connectivity index (χ0n) is 58.1. The van der Waals surface area contributed by atoms with Crippen LogP contribution in [0.2, 0.25) is 0 Å². The minimum absolute atomic E-state index is 0.202. The van der Waals surface area contributed by atoms with Gasteiger partial charge >= 0.3 is 0 Å². The summed E-state index contributed by atoms with van der Waals surface area (Å²) in [5.41, 5.74) is 24.5. The van der Waals surface area contributed by atoms with Crippen molar-refractivity contribution in [3.8, 4) is 17.2 Å². The van der Waals surface area contributed by atoms with Gasteiger partial charge in [-0.1, -0.05) is 206 Å². The average molecular weight is 1340 g/mol. The Morgan fingerprint density at radius 1 is 0.240 bits per heavy atom. The third kappa shape index (κ3) is 10.6. The maximum atomic E-state index is 10.3. The van der Waals surface area contributed by atoms with Crippen LogP contribution in [-0.2, 0) is 51.4 Å². The number of phenolic OH excluding ortho intramolecular Hbond substituents is 3. The van der Waals surface area contributed by atoms with E-state index in [4.69, 9.17) is 0 Å². The molecule has 0 radical (unpaired) electrons. The van der Waals surface area contributed by atoms with Crippen molar-refractivity contribution in [2.24, 2.45) is 0 Å². The molecule has 0 aliphatic heterocycles. The minimum Gasteiger partial charge on any atom is -0.508 e. The highest BCUT2D eigenvalue weighted by molar-refractivity contribution is 6.23. The molecule has 5 nitrogen and oxygen atoms in total. The molecule has 104 heavy (non-hydrogen) atoms. The molecule has 21 rings (SSSR count). The Balaban J connectivity index is 0.000000139. The Morgan fingerprint density at radius 3 is 1.01 bits per heavy atom. The molecule has 0 atom stereocenters. The molecule has 17 aromatic rings. The van der Waals surface area contributed by atoms with Crippen molar-refractivity contribution < 1.29 is 15.3 Å². The fourth-order valence-corrected chi connectivity index (χ4v) is 19.2. The van der Waals surface area contributed by atoms with Crippen molar-refractivity contribution in [3.63, 3.8) is 0 Å². The molecule has 0 bridgehead atoms. The lowest BCUT2D eigenvalue weighted by Gasteiger charge is -2.32. The monoisotopic (exact) mass is 1340 g/mol. The van der Waals surface area contributed by atoms with Gasteiger partial charge in [0.2, 0.25) is 0 Å². The first-order chi connectivity index (χ1) is 51.1. The second-order valence-electron chi connectivity index (χ2n) is 30.0. The van der Waals surface area contributed by atoms with E-state index in [1.165, 1.54) is 148 Å². The quantitative estimate of drug-likeness (QED) is 0.0941. The maximum Gasteiger partial charge on any atom is 0.117 e. The van der Waals surface area contributed by atoms with Gasteiger partial charge in [-0.25, -0.2) is 0 Å². The summed E-state index contributed by atoms with van der Waals surface area (Å²) in [5.74, 6) is 2.38. The number of benzene rings is 17. The number of nitrogens with zero attached hydrogens (tertiary/aromatic N) is 2. The average Bonchev–Trinajstić information content (AvgIpc) is 0.738. The number of aromatic hydroxyl groups is 3. The van der Waals surface area contributed by atoms with E-state index < -0.39 is 0 Å². The van der Waals surface area contributed by atoms with E-state index in [9.17, 15) is 15.3 Å². The summed E-state index contributed by atoms with van der Waals surface area (Å²) in [5, 5.41) is 50.7. The first-order valence-corrected chi connectivity index (χ1v) is 37.0. The molecule has 0 heterocycles. The van der Waals surface area contributed by atoms with E-state index >= 15 is 0 Å². The van der Waals surface area contributed by atoms with Crippen molar-refractivity contribution in [3.05, 3.63) is 376 Å². The van der Waals surface area contributed by atoms with Crippen LogP contribution < -0.4 is 9.80 Å². The number of aryl methyl sites for hydroxylation is 1. The van der Waals surface area contributed by atoms with Gasteiger partial charge in [0.15, 0.2) is 0 Å². The Bertz CT molecular complexity index is 6030. The molecule has 5 heteroatoms. The summed E-state index contributed by atoms with van der Waals surface area (Å²) in [4.78, 5) is 4.29. The molecular weight excluding hydrogens is 1270 g/mol. The number of hydrogen-bond donors (Lipinski definition) is 3. The highest BCUT2D eigenvalue weighted by atomic mass is 16.3. The van der Waals surface area contributed by atoms with Crippen LogP contribution in [0.5, 0.6) is 17.2 Å². The number of phenols is 3. The SMILES string of the molecule is Cc1cccc(N(c2ccc(C3Cc4ccc5c6c(ccc(c46)C3)CC(c3c4ccccc4cc4ccccc34)C5)cc2)c2cccc(O)c2)c1.Oc1cccc(N(c2ccc(C3Cc4ccc5c6c(ccc(c46)C3)CC(c3ccc4ccc6cccc7ccc3c4c67)C5)cc2)c2cccc(O)c2)c1. The topological polar surface area (TPSA) is 67.2 Å². The van der Waals surface area contributed by atoms with Crippen molar-refractivity contribution in [2.75, 3.05) is 9.80 Å². The summed E-state index contributed by atoms with van der Waals surface area (Å²) in [7, 11) is 0. The molecule has 4 aliphatic rings. The maximum absolute atomic E-state index is 10.3. The Kier molecular flexibility index (Phi) is 14.7. The van der Waals surface area contributed by atoms with Gasteiger partial charge in [0, 0.05) is 52.3 Å². The van der Waals surface area contributed by atoms with Crippen molar-refractivity contribution in [2.45, 2.75) is 82.0 Å². The van der Waals surface area contributed by atoms with Crippen LogP contribution >= 0.6 is 0 Å². The summed E-state index contributed by atoms with van der Waals surface area (Å²) >= 11 is 0. The smallest absolute Gasteiger partial charge is 0.117 e. The van der Waals surface area contributed by atoms with Gasteiger partial charge < -0.3 is 25.1 Å². The largest absolute Gasteiger partial charge is 0.508 e. The van der Waals surface area contributed by atoms with Gasteiger partial charge in [0.05, 0.1) is 0 Å². The number of rotatable bonds is 10. The first kappa shape index (κ1) is 61.7. The summed E-state index contributed by atoms with van der Waals surface area (Å²) in [6, 6.07) is 109. The standard InChI is InChI=1S/C50H37NO2.C49H39NO/c52-43-8-2-6-41(28-43)51(42-7-3-9-44(53)29-42)40-20-16-30(17-21-40)38-24-34-12-14-36-26-39(27-37-15-13-35(25-38)48(34)49(36)37)45-22-18-33-11-10-31-4-1-5-32-19-23-46(45)50(33)47(31)32;1-31-8-6-11-42(24-31)50(43-12-7-13-44(51)30-43)41-22-20-32(21-23-41)39-26-35-16-18-37-28-40(29-38-19-17-36(27-39)47(35)48(37)38)49-45-14-4-2-9-33(45)25-34-10-3-5-15-46(34)49/h1-23,28-29,38-39,52-53H,24-27H2;2-25,30,39-40,51H,26-29H2,1H3. The second-order valence-corrected chi connectivity index (χ2v) is 30.0. The summed E-state index contributed by atoms with van der Waals surface area (Å²) < 4.78 is 0. The predicted molar refractivity (Wildman–Crippen MR) is 432 cm³/mol. The minimum atomic E-state index is 0.202. The van der Waals surface area contributed by atoms with Crippen LogP contribution in [0.25, 0.3) is 75.4 Å². The van der Waals surface area contributed by atoms with Gasteiger partial charge in [-0.2, -0.15) is 0 Å². The molecule has 0 amide bonds. The van der Waals surface area contributed by atoms with Crippen molar-refractivity contribution in [1.82, 2.24) is 0 Å². The highest BCUT2D eigenvalue weighted by Gasteiger charge is 2.33. The van der Waals surface area contributed by atoms with Crippen LogP contribution in [0.15, 0.2) is 303 Å². The van der Waals surface area contributed by atoms with E-state index in [1.807, 2.05) is 36.4 Å². The Hall–Kier alpha value is -12.2. The molecule has 3 N–H and O–H groups in total. The second kappa shape index (κ2) is 24.8. The van der Waals surface area contributed by atoms with Crippen LogP contribution in [0.1, 0.15) is 96.0 Å². The lowest BCUT2D eigenvalue weighted by Crippen LogP contribution is -2.18. The van der Waals surface area contributed by atoms with Crippen molar-refractivity contribution >= 4 is 110 Å². The van der Waals surface area contributed by atoms with E-state index in [0.717, 1.165) is 85.5 Å². The fourth-order valence-electron chi connectivity index (χ4n) is 19.2. The molecular formula is C99H76N2O3. The molecule has 0 saturated heterocycles. The van der Waals surface area contributed by atoms with Gasteiger partial charge in [0.25, 0.3) is 0 Å². The molecule has 0 aromatic heterocycles. The third-order valence-corrected chi connectivity index (χ3v) is 23.7. The zero-order valence-corrected chi connectivity index (χ0v) is 58.1. The highest BCUT2D eigenvalue weighted by Crippen LogP contribution is 2.50. The normalized spacial score (nSPS) is 14.4. The molecule has 17 aromatic carbocycles. The predicted octanol–water partition coefficient (Wildman–Crippen LogP) is 24.8. The van der Waals surface area contributed by atoms with Gasteiger partial charge in [0.1, 0.15) is 17.2 Å². The van der Waals surface area contributed by atoms with Crippen molar-refractivity contribution in [1.29, 1.82) is 0 Å². The number of hydrogen-bond acceptors (Lipinski definition) is 5. The first-order valence-electron chi connectivity index (χ1n) is 37.0. The van der Waals surface area contributed by atoms with Crippen LogP contribution in [0.4, 0.5) is 34.1 Å². The van der Waals surface area contributed by atoms with E-state index in [0.29, 0.717) is 23.7 Å².